The van der Waals surface area contributed by atoms with Crippen LogP contribution < -0.4 is 5.32 Å². The number of thiophene rings is 1. The molecule has 1 aliphatic heterocycles. The third-order valence-corrected chi connectivity index (χ3v) is 4.53. The van der Waals surface area contributed by atoms with Gasteiger partial charge in [0.15, 0.2) is 5.76 Å². The second-order valence-electron chi connectivity index (χ2n) is 4.87. The van der Waals surface area contributed by atoms with Crippen LogP contribution in [0.25, 0.3) is 0 Å². The first-order chi connectivity index (χ1) is 10.3. The van der Waals surface area contributed by atoms with Crippen LogP contribution in [0.2, 0.25) is 0 Å². The summed E-state index contributed by atoms with van der Waals surface area (Å²) in [5.74, 6) is 0.178. The fourth-order valence-corrected chi connectivity index (χ4v) is 3.32. The summed E-state index contributed by atoms with van der Waals surface area (Å²) in [7, 11) is 0. The number of nitrogens with zero attached hydrogens (tertiary/aromatic N) is 1. The summed E-state index contributed by atoms with van der Waals surface area (Å²) >= 11 is 1.72. The van der Waals surface area contributed by atoms with Gasteiger partial charge in [-0.3, -0.25) is 9.69 Å². The van der Waals surface area contributed by atoms with Crippen molar-refractivity contribution in [3.05, 3.63) is 46.5 Å². The zero-order valence-electron chi connectivity index (χ0n) is 11.7. The van der Waals surface area contributed by atoms with Gasteiger partial charge in [-0.15, -0.1) is 11.3 Å². The maximum absolute atomic E-state index is 12.0. The van der Waals surface area contributed by atoms with E-state index in [9.17, 15) is 4.79 Å². The van der Waals surface area contributed by atoms with Gasteiger partial charge < -0.3 is 14.5 Å². The van der Waals surface area contributed by atoms with Crippen LogP contribution in [0.5, 0.6) is 0 Å². The number of morpholine rings is 1. The largest absolute Gasteiger partial charge is 0.459 e. The van der Waals surface area contributed by atoms with E-state index in [2.05, 4.69) is 21.7 Å². The molecular formula is C15H18N2O3S. The van der Waals surface area contributed by atoms with Gasteiger partial charge in [0, 0.05) is 24.5 Å². The van der Waals surface area contributed by atoms with Crippen molar-refractivity contribution in [3.63, 3.8) is 0 Å². The Labute approximate surface area is 127 Å². The fourth-order valence-electron chi connectivity index (χ4n) is 2.46. The summed E-state index contributed by atoms with van der Waals surface area (Å²) in [6.07, 6.45) is 1.51. The molecule has 1 N–H and O–H groups in total. The quantitative estimate of drug-likeness (QED) is 0.919. The first-order valence-corrected chi connectivity index (χ1v) is 7.89. The molecule has 1 saturated heterocycles. The minimum atomic E-state index is -0.171. The molecule has 21 heavy (non-hydrogen) atoms. The first-order valence-electron chi connectivity index (χ1n) is 7.01. The van der Waals surface area contributed by atoms with E-state index in [1.54, 1.807) is 23.5 Å². The number of carbonyl (C=O) groups is 1. The number of carbonyl (C=O) groups excluding carboxylic acids is 1. The van der Waals surface area contributed by atoms with Gasteiger partial charge in [0.1, 0.15) is 0 Å². The predicted molar refractivity (Wildman–Crippen MR) is 80.5 cm³/mol. The summed E-state index contributed by atoms with van der Waals surface area (Å²) < 4.78 is 10.5. The second-order valence-corrected chi connectivity index (χ2v) is 5.85. The molecule has 0 radical (unpaired) electrons. The van der Waals surface area contributed by atoms with Crippen LogP contribution >= 0.6 is 11.3 Å². The lowest BCUT2D eigenvalue weighted by molar-refractivity contribution is 0.0168. The molecule has 1 aliphatic rings. The van der Waals surface area contributed by atoms with Crippen molar-refractivity contribution in [2.75, 3.05) is 32.8 Å². The maximum atomic E-state index is 12.0. The highest BCUT2D eigenvalue weighted by Crippen LogP contribution is 2.25. The van der Waals surface area contributed by atoms with Crippen LogP contribution in [0.4, 0.5) is 0 Å². The number of ether oxygens (including phenoxy) is 1. The van der Waals surface area contributed by atoms with Gasteiger partial charge in [-0.2, -0.15) is 0 Å². The van der Waals surface area contributed by atoms with E-state index < -0.39 is 0 Å². The van der Waals surface area contributed by atoms with Crippen molar-refractivity contribution in [2.45, 2.75) is 6.04 Å². The van der Waals surface area contributed by atoms with Crippen LogP contribution in [-0.4, -0.2) is 43.7 Å². The summed E-state index contributed by atoms with van der Waals surface area (Å²) in [4.78, 5) is 15.6. The standard InChI is InChI=1S/C15H18N2O3S/c18-15(13-3-1-7-20-13)16-11-12(14-4-2-10-21-14)17-5-8-19-9-6-17/h1-4,7,10,12H,5-6,8-9,11H2,(H,16,18)/t12-/m0/s1. The van der Waals surface area contributed by atoms with E-state index in [0.29, 0.717) is 12.3 Å². The third kappa shape index (κ3) is 3.53. The average molecular weight is 306 g/mol. The zero-order chi connectivity index (χ0) is 14.5. The monoisotopic (exact) mass is 306 g/mol. The highest BCUT2D eigenvalue weighted by molar-refractivity contribution is 7.10. The van der Waals surface area contributed by atoms with Crippen molar-refractivity contribution in [1.29, 1.82) is 0 Å². The molecular weight excluding hydrogens is 288 g/mol. The first kappa shape index (κ1) is 14.3. The van der Waals surface area contributed by atoms with Crippen molar-refractivity contribution in [3.8, 4) is 0 Å². The number of amides is 1. The van der Waals surface area contributed by atoms with E-state index in [1.165, 1.54) is 11.1 Å². The molecule has 1 fully saturated rings. The Bertz CT molecular complexity index is 548. The van der Waals surface area contributed by atoms with Gasteiger partial charge in [-0.1, -0.05) is 6.07 Å². The molecule has 3 heterocycles. The van der Waals surface area contributed by atoms with E-state index in [-0.39, 0.29) is 11.9 Å². The van der Waals surface area contributed by atoms with Crippen LogP contribution in [0, 0.1) is 0 Å². The Hall–Kier alpha value is -1.63. The maximum Gasteiger partial charge on any atom is 0.287 e. The number of nitrogens with one attached hydrogen (secondary N) is 1. The Morgan fingerprint density at radius 2 is 2.19 bits per heavy atom. The SMILES string of the molecule is O=C(NC[C@@H](c1cccs1)N1CCOCC1)c1ccco1. The lowest BCUT2D eigenvalue weighted by Crippen LogP contribution is -2.43. The van der Waals surface area contributed by atoms with Crippen LogP contribution in [0.15, 0.2) is 40.3 Å². The molecule has 3 rings (SSSR count). The highest BCUT2D eigenvalue weighted by Gasteiger charge is 2.24. The van der Waals surface area contributed by atoms with Crippen molar-refractivity contribution >= 4 is 17.2 Å². The molecule has 112 valence electrons. The third-order valence-electron chi connectivity index (χ3n) is 3.56. The molecule has 1 atom stereocenters. The lowest BCUT2D eigenvalue weighted by atomic mass is 10.2. The zero-order valence-corrected chi connectivity index (χ0v) is 12.5. The van der Waals surface area contributed by atoms with Gasteiger partial charge in [0.25, 0.3) is 5.91 Å². The molecule has 2 aromatic rings. The summed E-state index contributed by atoms with van der Waals surface area (Å²) in [6, 6.07) is 7.73. The Morgan fingerprint density at radius 1 is 1.33 bits per heavy atom. The van der Waals surface area contributed by atoms with Crippen LogP contribution in [0.3, 0.4) is 0 Å². The number of rotatable bonds is 5. The minimum Gasteiger partial charge on any atom is -0.459 e. The molecule has 2 aromatic heterocycles. The molecule has 5 nitrogen and oxygen atoms in total. The van der Waals surface area contributed by atoms with Gasteiger partial charge in [-0.25, -0.2) is 0 Å². The van der Waals surface area contributed by atoms with Crippen molar-refractivity contribution < 1.29 is 13.9 Å². The molecule has 6 heteroatoms. The average Bonchev–Trinajstić information content (AvgIpc) is 3.22. The number of hydrogen-bond acceptors (Lipinski definition) is 5. The van der Waals surface area contributed by atoms with E-state index in [0.717, 1.165) is 26.3 Å². The predicted octanol–water partition coefficient (Wildman–Crippen LogP) is 2.14. The van der Waals surface area contributed by atoms with Crippen molar-refractivity contribution in [1.82, 2.24) is 10.2 Å². The minimum absolute atomic E-state index is 0.171. The molecule has 0 aliphatic carbocycles. The van der Waals surface area contributed by atoms with Gasteiger partial charge in [0.05, 0.1) is 25.5 Å². The lowest BCUT2D eigenvalue weighted by Gasteiger charge is -2.34. The van der Waals surface area contributed by atoms with Gasteiger partial charge in [0.2, 0.25) is 0 Å². The summed E-state index contributed by atoms with van der Waals surface area (Å²) in [5.41, 5.74) is 0. The second kappa shape index (κ2) is 6.89. The van der Waals surface area contributed by atoms with Crippen LogP contribution in [0.1, 0.15) is 21.5 Å². The molecule has 0 spiro atoms. The normalized spacial score (nSPS) is 17.5. The highest BCUT2D eigenvalue weighted by atomic mass is 32.1. The van der Waals surface area contributed by atoms with E-state index in [4.69, 9.17) is 9.15 Å². The summed E-state index contributed by atoms with van der Waals surface area (Å²) in [6.45, 7) is 3.83. The molecule has 1 amide bonds. The Kier molecular flexibility index (Phi) is 4.69. The molecule has 0 saturated carbocycles. The Morgan fingerprint density at radius 3 is 2.86 bits per heavy atom. The number of hydrogen-bond donors (Lipinski definition) is 1. The smallest absolute Gasteiger partial charge is 0.287 e. The number of furan rings is 1. The van der Waals surface area contributed by atoms with E-state index in [1.807, 2.05) is 6.07 Å². The molecule has 0 bridgehead atoms. The van der Waals surface area contributed by atoms with Gasteiger partial charge >= 0.3 is 0 Å². The molecule has 0 aromatic carbocycles. The Balaban J connectivity index is 1.66. The summed E-state index contributed by atoms with van der Waals surface area (Å²) in [5, 5.41) is 5.03. The van der Waals surface area contributed by atoms with Gasteiger partial charge in [-0.05, 0) is 23.6 Å². The molecule has 0 unspecified atom stereocenters. The van der Waals surface area contributed by atoms with Crippen molar-refractivity contribution in [2.24, 2.45) is 0 Å². The van der Waals surface area contributed by atoms with E-state index >= 15 is 0 Å². The van der Waals surface area contributed by atoms with Crippen LogP contribution in [-0.2, 0) is 4.74 Å². The topological polar surface area (TPSA) is 54.7 Å². The fraction of sp³-hybridized carbons (Fsp3) is 0.400.